The molecule has 0 fully saturated rings. The first kappa shape index (κ1) is 19.2. The van der Waals surface area contributed by atoms with Gasteiger partial charge in [0.2, 0.25) is 21.7 Å². The Hall–Kier alpha value is -2.57. The molecule has 2 aromatic heterocycles. The second kappa shape index (κ2) is 6.87. The molecule has 0 saturated heterocycles. The molecule has 0 unspecified atom stereocenters. The molecular formula is C14H10ClF3N4O4S. The standard InChI is InChI=1S/C14H10ClF3N4O4S/c1-25-12-8(26-13(17)18)4-20-14(21-12)22-5-9(27(19,23)24)6-2-3-7(15)10(16)11(6)22/h2-5,13H,1H3,(H2,19,23,24). The summed E-state index contributed by atoms with van der Waals surface area (Å²) in [7, 11) is -3.08. The van der Waals surface area contributed by atoms with E-state index in [1.807, 2.05) is 0 Å². The monoisotopic (exact) mass is 422 g/mol. The van der Waals surface area contributed by atoms with Gasteiger partial charge >= 0.3 is 6.61 Å². The molecule has 2 heterocycles. The molecule has 0 aliphatic rings. The zero-order chi connectivity index (χ0) is 19.9. The van der Waals surface area contributed by atoms with Crippen molar-refractivity contribution in [1.29, 1.82) is 0 Å². The van der Waals surface area contributed by atoms with Gasteiger partial charge in [-0.1, -0.05) is 11.6 Å². The van der Waals surface area contributed by atoms with E-state index < -0.39 is 33.1 Å². The Morgan fingerprint density at radius 3 is 2.63 bits per heavy atom. The molecule has 0 radical (unpaired) electrons. The van der Waals surface area contributed by atoms with Crippen LogP contribution in [-0.4, -0.2) is 36.7 Å². The average molecular weight is 423 g/mol. The molecule has 3 rings (SSSR count). The van der Waals surface area contributed by atoms with E-state index >= 15 is 0 Å². The summed E-state index contributed by atoms with van der Waals surface area (Å²) in [6, 6.07) is 2.43. The van der Waals surface area contributed by atoms with Crippen molar-refractivity contribution < 1.29 is 31.1 Å². The van der Waals surface area contributed by atoms with E-state index in [4.69, 9.17) is 21.5 Å². The highest BCUT2D eigenvalue weighted by atomic mass is 35.5. The molecule has 0 amide bonds. The molecular weight excluding hydrogens is 413 g/mol. The smallest absolute Gasteiger partial charge is 0.387 e. The van der Waals surface area contributed by atoms with Gasteiger partial charge in [-0.25, -0.2) is 22.9 Å². The number of primary sulfonamides is 1. The van der Waals surface area contributed by atoms with Crippen molar-refractivity contribution in [2.75, 3.05) is 7.11 Å². The number of halogens is 4. The molecule has 13 heteroatoms. The fourth-order valence-electron chi connectivity index (χ4n) is 2.40. The van der Waals surface area contributed by atoms with Gasteiger partial charge in [0.15, 0.2) is 5.82 Å². The summed E-state index contributed by atoms with van der Waals surface area (Å²) >= 11 is 5.77. The number of ether oxygens (including phenoxy) is 2. The van der Waals surface area contributed by atoms with Crippen LogP contribution in [-0.2, 0) is 10.0 Å². The summed E-state index contributed by atoms with van der Waals surface area (Å²) in [5.74, 6) is -2.06. The fourth-order valence-corrected chi connectivity index (χ4v) is 3.27. The number of sulfonamides is 1. The van der Waals surface area contributed by atoms with Gasteiger partial charge in [0.1, 0.15) is 4.90 Å². The SMILES string of the molecule is COc1nc(-n2cc(S(N)(=O)=O)c3ccc(Cl)c(F)c32)ncc1OC(F)F. The van der Waals surface area contributed by atoms with Crippen molar-refractivity contribution in [1.82, 2.24) is 14.5 Å². The highest BCUT2D eigenvalue weighted by Gasteiger charge is 2.24. The van der Waals surface area contributed by atoms with Crippen molar-refractivity contribution in [3.8, 4) is 17.6 Å². The Labute approximate surface area is 155 Å². The minimum atomic E-state index is -4.23. The van der Waals surface area contributed by atoms with Crippen LogP contribution in [0.5, 0.6) is 11.6 Å². The maximum absolute atomic E-state index is 14.6. The minimum absolute atomic E-state index is 0.0603. The van der Waals surface area contributed by atoms with Gasteiger partial charge in [0, 0.05) is 11.6 Å². The average Bonchev–Trinajstić information content (AvgIpc) is 2.98. The van der Waals surface area contributed by atoms with Gasteiger partial charge in [-0.3, -0.25) is 4.57 Å². The molecule has 3 aromatic rings. The van der Waals surface area contributed by atoms with Crippen molar-refractivity contribution >= 4 is 32.5 Å². The second-order valence-electron chi connectivity index (χ2n) is 5.09. The molecule has 0 atom stereocenters. The molecule has 0 spiro atoms. The number of rotatable bonds is 5. The zero-order valence-corrected chi connectivity index (χ0v) is 14.9. The number of methoxy groups -OCH3 is 1. The molecule has 0 aliphatic heterocycles. The normalized spacial score (nSPS) is 12.0. The van der Waals surface area contributed by atoms with E-state index in [0.717, 1.165) is 24.1 Å². The highest BCUT2D eigenvalue weighted by molar-refractivity contribution is 7.89. The van der Waals surface area contributed by atoms with Crippen LogP contribution in [0.1, 0.15) is 0 Å². The molecule has 0 bridgehead atoms. The van der Waals surface area contributed by atoms with E-state index in [2.05, 4.69) is 14.7 Å². The van der Waals surface area contributed by atoms with E-state index in [1.54, 1.807) is 0 Å². The lowest BCUT2D eigenvalue weighted by atomic mass is 10.2. The van der Waals surface area contributed by atoms with Crippen LogP contribution >= 0.6 is 11.6 Å². The van der Waals surface area contributed by atoms with Gasteiger partial charge in [0.25, 0.3) is 5.88 Å². The molecule has 2 N–H and O–H groups in total. The Bertz CT molecular complexity index is 1140. The Morgan fingerprint density at radius 1 is 1.33 bits per heavy atom. The highest BCUT2D eigenvalue weighted by Crippen LogP contribution is 2.33. The first-order valence-electron chi connectivity index (χ1n) is 7.01. The summed E-state index contributed by atoms with van der Waals surface area (Å²) in [6.07, 6.45) is 1.86. The summed E-state index contributed by atoms with van der Waals surface area (Å²) in [4.78, 5) is 7.25. The number of nitrogens with zero attached hydrogens (tertiary/aromatic N) is 3. The topological polar surface area (TPSA) is 109 Å². The first-order valence-corrected chi connectivity index (χ1v) is 8.94. The quantitative estimate of drug-likeness (QED) is 0.676. The minimum Gasteiger partial charge on any atom is -0.478 e. The van der Waals surface area contributed by atoms with Crippen LogP contribution in [0.15, 0.2) is 29.4 Å². The van der Waals surface area contributed by atoms with Crippen LogP contribution < -0.4 is 14.6 Å². The Balaban J connectivity index is 2.30. The number of hydrogen-bond donors (Lipinski definition) is 1. The second-order valence-corrected chi connectivity index (χ2v) is 7.02. The zero-order valence-electron chi connectivity index (χ0n) is 13.4. The number of aromatic nitrogens is 3. The first-order chi connectivity index (χ1) is 12.6. The number of nitrogens with two attached hydrogens (primary N) is 1. The van der Waals surface area contributed by atoms with Crippen LogP contribution in [0, 0.1) is 5.82 Å². The summed E-state index contributed by atoms with van der Waals surface area (Å²) < 4.78 is 73.1. The lowest BCUT2D eigenvalue weighted by Gasteiger charge is -2.10. The van der Waals surface area contributed by atoms with Crippen molar-refractivity contribution in [2.24, 2.45) is 5.14 Å². The van der Waals surface area contributed by atoms with Gasteiger partial charge in [-0.05, 0) is 12.1 Å². The maximum Gasteiger partial charge on any atom is 0.387 e. The van der Waals surface area contributed by atoms with Crippen LogP contribution in [0.25, 0.3) is 16.9 Å². The lowest BCUT2D eigenvalue weighted by molar-refractivity contribution is -0.0518. The van der Waals surface area contributed by atoms with E-state index in [-0.39, 0.29) is 27.8 Å². The van der Waals surface area contributed by atoms with Crippen LogP contribution in [0.4, 0.5) is 13.2 Å². The van der Waals surface area contributed by atoms with Crippen molar-refractivity contribution in [3.63, 3.8) is 0 Å². The Morgan fingerprint density at radius 2 is 2.04 bits per heavy atom. The Kier molecular flexibility index (Phi) is 4.88. The molecule has 0 aliphatic carbocycles. The summed E-state index contributed by atoms with van der Waals surface area (Å²) in [5, 5.41) is 4.83. The van der Waals surface area contributed by atoms with Crippen LogP contribution in [0.2, 0.25) is 5.02 Å². The van der Waals surface area contributed by atoms with Crippen molar-refractivity contribution in [3.05, 3.63) is 35.4 Å². The summed E-state index contributed by atoms with van der Waals surface area (Å²) in [6.45, 7) is -3.15. The third-order valence-corrected chi connectivity index (χ3v) is 4.69. The van der Waals surface area contributed by atoms with Gasteiger partial charge < -0.3 is 9.47 Å². The van der Waals surface area contributed by atoms with Gasteiger partial charge in [-0.2, -0.15) is 13.8 Å². The van der Waals surface area contributed by atoms with E-state index in [1.165, 1.54) is 12.1 Å². The molecule has 1 aromatic carbocycles. The predicted molar refractivity (Wildman–Crippen MR) is 88.4 cm³/mol. The predicted octanol–water partition coefficient (Wildman–Crippen LogP) is 2.47. The molecule has 144 valence electrons. The third-order valence-electron chi connectivity index (χ3n) is 3.46. The van der Waals surface area contributed by atoms with E-state index in [0.29, 0.717) is 0 Å². The number of fused-ring (bicyclic) bond motifs is 1. The van der Waals surface area contributed by atoms with Crippen molar-refractivity contribution in [2.45, 2.75) is 11.5 Å². The van der Waals surface area contributed by atoms with Crippen LogP contribution in [0.3, 0.4) is 0 Å². The lowest BCUT2D eigenvalue weighted by Crippen LogP contribution is -2.11. The number of benzene rings is 1. The van der Waals surface area contributed by atoms with Gasteiger partial charge in [-0.15, -0.1) is 0 Å². The molecule has 27 heavy (non-hydrogen) atoms. The fraction of sp³-hybridized carbons (Fsp3) is 0.143. The van der Waals surface area contributed by atoms with E-state index in [9.17, 15) is 21.6 Å². The molecule has 8 nitrogen and oxygen atoms in total. The number of alkyl halides is 2. The largest absolute Gasteiger partial charge is 0.478 e. The molecule has 0 saturated carbocycles. The van der Waals surface area contributed by atoms with Gasteiger partial charge in [0.05, 0.1) is 23.8 Å². The third kappa shape index (κ3) is 3.50. The summed E-state index contributed by atoms with van der Waals surface area (Å²) in [5.41, 5.74) is -0.267. The maximum atomic E-state index is 14.6. The number of hydrogen-bond acceptors (Lipinski definition) is 6.